The summed E-state index contributed by atoms with van der Waals surface area (Å²) >= 11 is 3.52. The molecular formula is C17H28BrNO. The van der Waals surface area contributed by atoms with E-state index in [1.54, 1.807) is 0 Å². The van der Waals surface area contributed by atoms with Crippen molar-refractivity contribution < 1.29 is 4.79 Å². The Bertz CT molecular complexity index is 426. The number of carbonyl (C=O) groups excluding carboxylic acids is 1. The summed E-state index contributed by atoms with van der Waals surface area (Å²) in [6.07, 6.45) is 7.36. The van der Waals surface area contributed by atoms with Gasteiger partial charge in [0.05, 0.1) is 5.41 Å². The molecule has 2 atom stereocenters. The summed E-state index contributed by atoms with van der Waals surface area (Å²) in [4.78, 5) is 13.0. The number of hydrogen-bond donors (Lipinski definition) is 1. The average Bonchev–Trinajstić information content (AvgIpc) is 2.23. The van der Waals surface area contributed by atoms with Gasteiger partial charge in [0.2, 0.25) is 5.91 Å². The fourth-order valence-corrected chi connectivity index (χ4v) is 6.31. The zero-order valence-corrected chi connectivity index (χ0v) is 14.9. The number of carbonyl (C=O) groups is 1. The highest BCUT2D eigenvalue weighted by Crippen LogP contribution is 2.69. The number of amides is 1. The molecule has 1 amide bonds. The van der Waals surface area contributed by atoms with Crippen molar-refractivity contribution in [1.29, 1.82) is 0 Å². The highest BCUT2D eigenvalue weighted by atomic mass is 79.9. The molecule has 0 aromatic carbocycles. The van der Waals surface area contributed by atoms with E-state index >= 15 is 0 Å². The van der Waals surface area contributed by atoms with Crippen molar-refractivity contribution in [3.63, 3.8) is 0 Å². The molecular weight excluding hydrogens is 314 g/mol. The maximum absolute atomic E-state index is 13.0. The van der Waals surface area contributed by atoms with Gasteiger partial charge < -0.3 is 5.32 Å². The topological polar surface area (TPSA) is 29.1 Å². The lowest BCUT2D eigenvalue weighted by atomic mass is 9.40. The Hall–Kier alpha value is -0.0500. The summed E-state index contributed by atoms with van der Waals surface area (Å²) < 4.78 is 0. The lowest BCUT2D eigenvalue weighted by Gasteiger charge is -2.64. The SMILES string of the molecule is CC12CC3CC(C)(C1)CC(C(=O)NC(C)(C)CBr)(C3)C2. The van der Waals surface area contributed by atoms with Crippen LogP contribution in [-0.2, 0) is 4.79 Å². The van der Waals surface area contributed by atoms with E-state index in [9.17, 15) is 4.79 Å². The molecule has 4 bridgehead atoms. The minimum Gasteiger partial charge on any atom is -0.350 e. The second kappa shape index (κ2) is 4.24. The standard InChI is InChI=1S/C17H28BrNO/c1-14(2,11-18)19-13(20)17-7-12-5-15(3,9-17)8-16(4,6-12)10-17/h12H,5-11H2,1-4H3,(H,19,20). The lowest BCUT2D eigenvalue weighted by Crippen LogP contribution is -2.62. The molecule has 0 aromatic heterocycles. The summed E-state index contributed by atoms with van der Waals surface area (Å²) in [5.74, 6) is 1.10. The summed E-state index contributed by atoms with van der Waals surface area (Å²) in [6, 6.07) is 0. The minimum absolute atomic E-state index is 0.0810. The molecule has 0 aromatic rings. The molecule has 0 spiro atoms. The van der Waals surface area contributed by atoms with Crippen molar-refractivity contribution in [3.8, 4) is 0 Å². The average molecular weight is 342 g/mol. The minimum atomic E-state index is -0.151. The zero-order valence-electron chi connectivity index (χ0n) is 13.3. The van der Waals surface area contributed by atoms with Gasteiger partial charge in [0.1, 0.15) is 0 Å². The summed E-state index contributed by atoms with van der Waals surface area (Å²) in [7, 11) is 0. The molecule has 0 heterocycles. The Kier molecular flexibility index (Phi) is 3.15. The monoisotopic (exact) mass is 341 g/mol. The maximum atomic E-state index is 13.0. The van der Waals surface area contributed by atoms with E-state index in [1.807, 2.05) is 0 Å². The number of nitrogens with one attached hydrogen (secondary N) is 1. The highest BCUT2D eigenvalue weighted by Gasteiger charge is 2.62. The van der Waals surface area contributed by atoms with E-state index in [1.165, 1.54) is 19.3 Å². The molecule has 2 unspecified atom stereocenters. The Morgan fingerprint density at radius 1 is 1.15 bits per heavy atom. The molecule has 4 aliphatic carbocycles. The molecule has 2 nitrogen and oxygen atoms in total. The zero-order chi connectivity index (χ0) is 14.8. The van der Waals surface area contributed by atoms with Gasteiger partial charge in [-0.15, -0.1) is 0 Å². The molecule has 0 saturated heterocycles. The first-order valence-electron chi connectivity index (χ1n) is 7.98. The third kappa shape index (κ3) is 2.34. The quantitative estimate of drug-likeness (QED) is 0.763. The smallest absolute Gasteiger partial charge is 0.226 e. The van der Waals surface area contributed by atoms with Gasteiger partial charge in [-0.2, -0.15) is 0 Å². The number of rotatable bonds is 3. The molecule has 4 fully saturated rings. The molecule has 114 valence electrons. The van der Waals surface area contributed by atoms with Crippen molar-refractivity contribution in [1.82, 2.24) is 5.32 Å². The third-order valence-electron chi connectivity index (χ3n) is 5.89. The molecule has 4 rings (SSSR count). The summed E-state index contributed by atoms with van der Waals surface area (Å²) in [5.41, 5.74) is 0.582. The Balaban J connectivity index is 1.87. The van der Waals surface area contributed by atoms with Gasteiger partial charge in [0, 0.05) is 10.9 Å². The van der Waals surface area contributed by atoms with Crippen molar-refractivity contribution in [2.45, 2.75) is 71.8 Å². The predicted octanol–water partition coefficient (Wildman–Crippen LogP) is 4.27. The maximum Gasteiger partial charge on any atom is 0.226 e. The summed E-state index contributed by atoms with van der Waals surface area (Å²) in [6.45, 7) is 9.05. The van der Waals surface area contributed by atoms with Gasteiger partial charge in [-0.05, 0) is 69.1 Å². The number of alkyl halides is 1. The highest BCUT2D eigenvalue weighted by molar-refractivity contribution is 9.09. The van der Waals surface area contributed by atoms with Crippen LogP contribution in [0.1, 0.15) is 66.2 Å². The van der Waals surface area contributed by atoms with Crippen LogP contribution in [0.2, 0.25) is 0 Å². The molecule has 0 aliphatic heterocycles. The fraction of sp³-hybridized carbons (Fsp3) is 0.941. The van der Waals surface area contributed by atoms with Crippen molar-refractivity contribution in [3.05, 3.63) is 0 Å². The molecule has 20 heavy (non-hydrogen) atoms. The first-order valence-corrected chi connectivity index (χ1v) is 9.10. The normalized spacial score (nSPS) is 46.5. The van der Waals surface area contributed by atoms with Crippen molar-refractivity contribution in [2.75, 3.05) is 5.33 Å². The van der Waals surface area contributed by atoms with Crippen molar-refractivity contribution >= 4 is 21.8 Å². The van der Waals surface area contributed by atoms with E-state index in [4.69, 9.17) is 0 Å². The van der Waals surface area contributed by atoms with E-state index in [-0.39, 0.29) is 11.0 Å². The van der Waals surface area contributed by atoms with Crippen LogP contribution < -0.4 is 5.32 Å². The van der Waals surface area contributed by atoms with E-state index in [2.05, 4.69) is 48.9 Å². The molecule has 4 saturated carbocycles. The van der Waals surface area contributed by atoms with Crippen LogP contribution in [0.15, 0.2) is 0 Å². The van der Waals surface area contributed by atoms with E-state index < -0.39 is 0 Å². The van der Waals surface area contributed by atoms with Crippen LogP contribution in [0.5, 0.6) is 0 Å². The first kappa shape index (κ1) is 14.9. The van der Waals surface area contributed by atoms with Crippen LogP contribution in [0.3, 0.4) is 0 Å². The summed E-state index contributed by atoms with van der Waals surface area (Å²) in [5, 5.41) is 4.12. The van der Waals surface area contributed by atoms with Gasteiger partial charge in [-0.3, -0.25) is 4.79 Å². The Labute approximate surface area is 131 Å². The predicted molar refractivity (Wildman–Crippen MR) is 85.9 cm³/mol. The molecule has 0 radical (unpaired) electrons. The fourth-order valence-electron chi connectivity index (χ4n) is 6.17. The largest absolute Gasteiger partial charge is 0.350 e. The van der Waals surface area contributed by atoms with Gasteiger partial charge in [-0.25, -0.2) is 0 Å². The second-order valence-electron chi connectivity index (χ2n) is 9.38. The first-order chi connectivity index (χ1) is 9.10. The van der Waals surface area contributed by atoms with Gasteiger partial charge >= 0.3 is 0 Å². The van der Waals surface area contributed by atoms with Crippen LogP contribution in [0, 0.1) is 22.2 Å². The van der Waals surface area contributed by atoms with Crippen LogP contribution in [-0.4, -0.2) is 16.8 Å². The van der Waals surface area contributed by atoms with E-state index in [0.717, 1.165) is 30.5 Å². The Morgan fingerprint density at radius 2 is 1.70 bits per heavy atom. The van der Waals surface area contributed by atoms with Crippen LogP contribution in [0.4, 0.5) is 0 Å². The molecule has 4 aliphatic rings. The van der Waals surface area contributed by atoms with Gasteiger partial charge in [-0.1, -0.05) is 29.8 Å². The van der Waals surface area contributed by atoms with Crippen molar-refractivity contribution in [2.24, 2.45) is 22.2 Å². The number of hydrogen-bond acceptors (Lipinski definition) is 1. The second-order valence-corrected chi connectivity index (χ2v) is 9.94. The van der Waals surface area contributed by atoms with Crippen LogP contribution >= 0.6 is 15.9 Å². The van der Waals surface area contributed by atoms with Gasteiger partial charge in [0.25, 0.3) is 0 Å². The Morgan fingerprint density at radius 3 is 2.15 bits per heavy atom. The lowest BCUT2D eigenvalue weighted by molar-refractivity contribution is -0.171. The van der Waals surface area contributed by atoms with E-state index in [0.29, 0.717) is 16.7 Å². The van der Waals surface area contributed by atoms with Gasteiger partial charge in [0.15, 0.2) is 0 Å². The third-order valence-corrected chi connectivity index (χ3v) is 7.30. The van der Waals surface area contributed by atoms with Crippen LogP contribution in [0.25, 0.3) is 0 Å². The number of halogens is 1. The molecule has 3 heteroatoms. The molecule has 1 N–H and O–H groups in total.